The molecule has 0 N–H and O–H groups in total. The Morgan fingerprint density at radius 2 is 1.33 bits per heavy atom. The van der Waals surface area contributed by atoms with Crippen molar-refractivity contribution in [2.24, 2.45) is 0 Å². The summed E-state index contributed by atoms with van der Waals surface area (Å²) in [6.07, 6.45) is -0.0601. The second-order valence-corrected chi connectivity index (χ2v) is 3.08. The van der Waals surface area contributed by atoms with Gasteiger partial charge in [-0.3, -0.25) is 0 Å². The second-order valence-electron chi connectivity index (χ2n) is 1.86. The first-order valence-corrected chi connectivity index (χ1v) is 4.26. The topological polar surface area (TPSA) is 80.3 Å². The fraction of sp³-hybridized carbons (Fsp3) is 0.667. The van der Waals surface area contributed by atoms with E-state index in [4.69, 9.17) is 0 Å². The van der Waals surface area contributed by atoms with Crippen LogP contribution in [0.2, 0.25) is 0 Å². The Bertz CT molecular complexity index is 134. The van der Waals surface area contributed by atoms with Crippen LogP contribution in [0.3, 0.4) is 0 Å². The summed E-state index contributed by atoms with van der Waals surface area (Å²) in [5.74, 6) is -1.41. The molecule has 0 heterocycles. The van der Waals surface area contributed by atoms with Gasteiger partial charge in [-0.15, -0.1) is 0 Å². The molecule has 0 aromatic carbocycles. The van der Waals surface area contributed by atoms with Gasteiger partial charge in [0, 0.05) is 11.9 Å². The third kappa shape index (κ3) is 12.5. The van der Waals surface area contributed by atoms with Gasteiger partial charge in [0.1, 0.15) is 0 Å². The van der Waals surface area contributed by atoms with Crippen LogP contribution in [0.25, 0.3) is 0 Å². The zero-order chi connectivity index (χ0) is 8.69. The van der Waals surface area contributed by atoms with Gasteiger partial charge in [0.05, 0.1) is 0 Å². The summed E-state index contributed by atoms with van der Waals surface area (Å²) in [5.41, 5.74) is 0. The molecule has 0 bridgehead atoms. The normalized spacial score (nSPS) is 8.67. The van der Waals surface area contributed by atoms with E-state index in [1.807, 2.05) is 0 Å². The number of rotatable bonds is 6. The molecule has 0 saturated heterocycles. The number of carbonyl (C=O) groups excluding carboxylic acids is 2. The van der Waals surface area contributed by atoms with E-state index in [2.05, 4.69) is 0 Å². The van der Waals surface area contributed by atoms with E-state index in [9.17, 15) is 19.8 Å². The van der Waals surface area contributed by atoms with Crippen LogP contribution in [0.5, 0.6) is 0 Å². The molecule has 6 heteroatoms. The van der Waals surface area contributed by atoms with E-state index < -0.39 is 11.9 Å². The molecule has 1 radical (unpaired) electrons. The first-order chi connectivity index (χ1) is 5.13. The predicted molar refractivity (Wildman–Crippen MR) is 36.6 cm³/mol. The van der Waals surface area contributed by atoms with Crippen LogP contribution in [0.1, 0.15) is 12.8 Å². The van der Waals surface area contributed by atoms with Crippen molar-refractivity contribution in [3.05, 3.63) is 0 Å². The van der Waals surface area contributed by atoms with Gasteiger partial charge in [0.2, 0.25) is 0 Å². The van der Waals surface area contributed by atoms with E-state index in [0.29, 0.717) is 11.5 Å². The quantitative estimate of drug-likeness (QED) is 0.497. The average molecular weight is 235 g/mol. The number of aliphatic carboxylic acids is 2. The number of carbonyl (C=O) groups is 2. The Balaban J connectivity index is 0. The van der Waals surface area contributed by atoms with Crippen molar-refractivity contribution in [2.75, 3.05) is 11.5 Å². The molecular weight excluding hydrogens is 227 g/mol. The monoisotopic (exact) mass is 235 g/mol. The molecule has 0 aliphatic carbocycles. The molecule has 0 atom stereocenters. The van der Waals surface area contributed by atoms with Crippen molar-refractivity contribution in [3.63, 3.8) is 0 Å². The zero-order valence-corrected chi connectivity index (χ0v) is 8.06. The fourth-order valence-corrected chi connectivity index (χ4v) is 1.24. The first-order valence-electron chi connectivity index (χ1n) is 3.10. The minimum absolute atomic E-state index is 0. The van der Waals surface area contributed by atoms with Gasteiger partial charge < -0.3 is 19.8 Å². The van der Waals surface area contributed by atoms with Crippen molar-refractivity contribution < 1.29 is 36.6 Å². The Labute approximate surface area is 84.9 Å². The molecule has 0 aliphatic heterocycles. The summed E-state index contributed by atoms with van der Waals surface area (Å²) in [7, 11) is 0. The Kier molecular flexibility index (Phi) is 10.6. The molecule has 0 rings (SSSR count). The molecule has 0 unspecified atom stereocenters. The van der Waals surface area contributed by atoms with Gasteiger partial charge in [-0.1, -0.05) is 0 Å². The molecule has 12 heavy (non-hydrogen) atoms. The number of carboxylic acid groups (broad SMARTS) is 2. The Hall–Kier alpha value is -0.204. The molecule has 0 saturated carbocycles. The molecule has 0 aromatic rings. The van der Waals surface area contributed by atoms with E-state index in [1.54, 1.807) is 0 Å². The largest absolute Gasteiger partial charge is 2.00 e. The Morgan fingerprint density at radius 3 is 1.58 bits per heavy atom. The zero-order valence-electron chi connectivity index (χ0n) is 6.20. The smallest absolute Gasteiger partial charge is 0.550 e. The summed E-state index contributed by atoms with van der Waals surface area (Å²) >= 11 is 1.27. The summed E-state index contributed by atoms with van der Waals surface area (Å²) in [5, 5.41) is 19.7. The minimum Gasteiger partial charge on any atom is -0.550 e. The van der Waals surface area contributed by atoms with Gasteiger partial charge in [-0.25, -0.2) is 0 Å². The van der Waals surface area contributed by atoms with Crippen LogP contribution in [-0.2, 0) is 26.4 Å². The van der Waals surface area contributed by atoms with Crippen molar-refractivity contribution >= 4 is 23.7 Å². The summed E-state index contributed by atoms with van der Waals surface area (Å²) in [6.45, 7) is 0. The van der Waals surface area contributed by atoms with E-state index in [0.717, 1.165) is 0 Å². The second kappa shape index (κ2) is 8.89. The van der Waals surface area contributed by atoms with Crippen molar-refractivity contribution in [2.45, 2.75) is 12.8 Å². The minimum atomic E-state index is -1.11. The van der Waals surface area contributed by atoms with Crippen LogP contribution in [0, 0.1) is 0 Å². The van der Waals surface area contributed by atoms with E-state index in [-0.39, 0.29) is 29.6 Å². The van der Waals surface area contributed by atoms with Gasteiger partial charge in [0.15, 0.2) is 0 Å². The van der Waals surface area contributed by atoms with Crippen molar-refractivity contribution in [1.82, 2.24) is 0 Å². The van der Waals surface area contributed by atoms with Gasteiger partial charge >= 0.3 is 16.8 Å². The van der Waals surface area contributed by atoms with Crippen LogP contribution in [0.4, 0.5) is 0 Å². The maximum atomic E-state index is 9.84. The number of thioether (sulfide) groups is 1. The van der Waals surface area contributed by atoms with Gasteiger partial charge in [-0.05, 0) is 24.3 Å². The molecule has 0 fully saturated rings. The molecule has 71 valence electrons. The summed E-state index contributed by atoms with van der Waals surface area (Å²) in [4.78, 5) is 19.7. The molecule has 0 amide bonds. The number of hydrogen-bond acceptors (Lipinski definition) is 5. The summed E-state index contributed by atoms with van der Waals surface area (Å²) < 4.78 is 0. The van der Waals surface area contributed by atoms with Crippen molar-refractivity contribution in [1.29, 1.82) is 0 Å². The SMILES string of the molecule is O=C([O-])CCSCCC(=O)[O-].[Co+2]. The van der Waals surface area contributed by atoms with Gasteiger partial charge in [0.25, 0.3) is 0 Å². The number of carboxylic acids is 2. The van der Waals surface area contributed by atoms with Crippen LogP contribution < -0.4 is 10.2 Å². The summed E-state index contributed by atoms with van der Waals surface area (Å²) in [6, 6.07) is 0. The van der Waals surface area contributed by atoms with Gasteiger partial charge in [-0.2, -0.15) is 11.8 Å². The maximum absolute atomic E-state index is 9.84. The predicted octanol–water partition coefficient (Wildman–Crippen LogP) is -2.00. The standard InChI is InChI=1S/C6H10O4S.Co/c7-5(8)1-3-11-4-2-6(9)10;/h1-4H2,(H,7,8)(H,9,10);/q;+2/p-2. The average Bonchev–Trinajstić information content (AvgIpc) is 1.85. The van der Waals surface area contributed by atoms with E-state index >= 15 is 0 Å². The molecular formula is C6H8CoO4S. The molecule has 0 spiro atoms. The van der Waals surface area contributed by atoms with Crippen LogP contribution in [0.15, 0.2) is 0 Å². The van der Waals surface area contributed by atoms with Crippen LogP contribution in [-0.4, -0.2) is 23.4 Å². The third-order valence-electron chi connectivity index (χ3n) is 0.901. The first kappa shape index (κ1) is 14.3. The van der Waals surface area contributed by atoms with Crippen LogP contribution >= 0.6 is 11.8 Å². The van der Waals surface area contributed by atoms with E-state index in [1.165, 1.54) is 11.8 Å². The molecule has 0 aliphatic rings. The van der Waals surface area contributed by atoms with Crippen molar-refractivity contribution in [3.8, 4) is 0 Å². The third-order valence-corrected chi connectivity index (χ3v) is 1.89. The molecule has 0 aromatic heterocycles. The Morgan fingerprint density at radius 1 is 1.00 bits per heavy atom. The maximum Gasteiger partial charge on any atom is 2.00 e. The fourth-order valence-electron chi connectivity index (χ4n) is 0.413. The number of hydrogen-bond donors (Lipinski definition) is 0. The molecule has 4 nitrogen and oxygen atoms in total.